The molecule has 1 amide bonds. The first kappa shape index (κ1) is 18.7. The van der Waals surface area contributed by atoms with Crippen LogP contribution in [0.5, 0.6) is 0 Å². The molecule has 21 heavy (non-hydrogen) atoms. The summed E-state index contributed by atoms with van der Waals surface area (Å²) in [5.41, 5.74) is 0.237. The number of nitrogens with one attached hydrogen (secondary N) is 1. The lowest BCUT2D eigenvalue weighted by atomic mass is 9.99. The van der Waals surface area contributed by atoms with Gasteiger partial charge >= 0.3 is 11.1 Å². The number of alkyl carbamates (subject to hydrolysis) is 1. The summed E-state index contributed by atoms with van der Waals surface area (Å²) in [7, 11) is 0. The van der Waals surface area contributed by atoms with Crippen LogP contribution in [0.4, 0.5) is 4.79 Å². The fourth-order valence-corrected chi connectivity index (χ4v) is 2.91. The van der Waals surface area contributed by atoms with Crippen molar-refractivity contribution in [2.24, 2.45) is 10.9 Å². The minimum Gasteiger partial charge on any atom is -1.00 e. The van der Waals surface area contributed by atoms with Crippen LogP contribution in [-0.4, -0.2) is 40.0 Å². The molecule has 0 aromatic heterocycles. The number of halogens is 2. The number of aliphatic imine (C=N–C) groups is 1. The molecule has 0 spiro atoms. The molecule has 0 unspecified atom stereocenters. The van der Waals surface area contributed by atoms with Crippen molar-refractivity contribution in [1.82, 2.24) is 5.32 Å². The molecule has 0 fully saturated rings. The number of carbonyl (C=O) groups is 1. The zero-order valence-corrected chi connectivity index (χ0v) is 15.5. The summed E-state index contributed by atoms with van der Waals surface area (Å²) in [4.78, 5) is 17.0. The Labute approximate surface area is 143 Å². The van der Waals surface area contributed by atoms with Crippen LogP contribution in [0.3, 0.4) is 0 Å². The molecule has 122 valence electrons. The largest absolute Gasteiger partial charge is 1.00 e. The molecule has 1 aliphatic heterocycles. The Morgan fingerprint density at radius 3 is 2.67 bits per heavy atom. The maximum Gasteiger partial charge on any atom is 0.408 e. The van der Waals surface area contributed by atoms with Crippen molar-refractivity contribution in [2.75, 3.05) is 11.6 Å². The lowest BCUT2D eigenvalue weighted by Crippen LogP contribution is -3.00. The van der Waals surface area contributed by atoms with Gasteiger partial charge in [0.25, 0.3) is 0 Å². The third-order valence-electron chi connectivity index (χ3n) is 2.76. The highest BCUT2D eigenvalue weighted by molar-refractivity contribution is 7.80. The average molecular weight is 356 g/mol. The van der Waals surface area contributed by atoms with Crippen molar-refractivity contribution in [3.05, 3.63) is 0 Å². The monoisotopic (exact) mass is 355 g/mol. The van der Waals surface area contributed by atoms with Crippen LogP contribution in [0, 0.1) is 5.92 Å². The van der Waals surface area contributed by atoms with Gasteiger partial charge in [0.05, 0.1) is 13.0 Å². The lowest BCUT2D eigenvalue weighted by molar-refractivity contribution is -0.0000268. The quantitative estimate of drug-likeness (QED) is 0.423. The molecule has 0 radical (unpaired) electrons. The number of ether oxygens (including phenoxy) is 1. The van der Waals surface area contributed by atoms with Gasteiger partial charge in [-0.1, -0.05) is 20.3 Å². The van der Waals surface area contributed by atoms with E-state index in [-0.39, 0.29) is 18.3 Å². The van der Waals surface area contributed by atoms with Crippen LogP contribution in [0.2, 0.25) is 0 Å². The Bertz CT molecular complexity index is 466. The molecule has 1 rings (SSSR count). The van der Waals surface area contributed by atoms with Gasteiger partial charge in [-0.15, -0.1) is 11.6 Å². The van der Waals surface area contributed by atoms with E-state index >= 15 is 0 Å². The number of nitrogens with zero attached hydrogens (tertiary/aromatic N) is 1. The van der Waals surface area contributed by atoms with Gasteiger partial charge < -0.3 is 22.5 Å². The third kappa shape index (κ3) is 6.94. The highest BCUT2D eigenvalue weighted by Crippen LogP contribution is 2.14. The highest BCUT2D eigenvalue weighted by Gasteiger charge is 2.35. The maximum absolute atomic E-state index is 12.1. The molecule has 0 aromatic rings. The maximum atomic E-state index is 12.1. The van der Waals surface area contributed by atoms with Crippen LogP contribution in [0.15, 0.2) is 4.99 Å². The number of rotatable bonds is 5. The van der Waals surface area contributed by atoms with Crippen molar-refractivity contribution < 1.29 is 23.3 Å². The van der Waals surface area contributed by atoms with E-state index in [1.54, 1.807) is 20.8 Å². The SMILES string of the molecule is [2H][C@@](NC(=O)OC(C)(C)C)(C1=[S+]CC(CCl)=N1)[C@@H](C)CC.[Cl-]. The van der Waals surface area contributed by atoms with Crippen LogP contribution >= 0.6 is 11.6 Å². The Morgan fingerprint density at radius 1 is 1.62 bits per heavy atom. The summed E-state index contributed by atoms with van der Waals surface area (Å²) in [6.07, 6.45) is 0.148. The van der Waals surface area contributed by atoms with E-state index in [1.807, 2.05) is 13.8 Å². The Morgan fingerprint density at radius 2 is 2.24 bits per heavy atom. The Balaban J connectivity index is 0.00000441. The summed E-state index contributed by atoms with van der Waals surface area (Å²) in [5, 5.41) is 2.68. The molecule has 2 atom stereocenters. The number of hydrogen-bond donors (Lipinski definition) is 1. The Kier molecular flexibility index (Phi) is 7.92. The number of amides is 1. The van der Waals surface area contributed by atoms with E-state index in [0.717, 1.165) is 12.1 Å². The van der Waals surface area contributed by atoms with Crippen molar-refractivity contribution in [1.29, 1.82) is 0 Å². The molecular formula is C14H24Cl2N2O2S. The summed E-state index contributed by atoms with van der Waals surface area (Å²) in [5.74, 6) is 0.928. The second-order valence-corrected chi connectivity index (χ2v) is 6.99. The summed E-state index contributed by atoms with van der Waals surface area (Å²) < 4.78 is 14.0. The fraction of sp³-hybridized carbons (Fsp3) is 0.786. The molecule has 1 N–H and O–H groups in total. The normalized spacial score (nSPS) is 19.4. The van der Waals surface area contributed by atoms with E-state index in [1.165, 1.54) is 11.4 Å². The van der Waals surface area contributed by atoms with Crippen LogP contribution < -0.4 is 17.7 Å². The van der Waals surface area contributed by atoms with E-state index in [4.69, 9.17) is 17.7 Å². The van der Waals surface area contributed by atoms with E-state index in [0.29, 0.717) is 16.6 Å². The summed E-state index contributed by atoms with van der Waals surface area (Å²) in [6.45, 7) is 9.29. The standard InChI is InChI=1S/C14H23ClN2O2S.ClH/c1-6-9(2)11(12-16-10(7-15)8-20-12)17-13(18)19-14(3,4)5;/h9,11H,6-8H2,1-5H3;1H/t9-,11-;/m0./s1/i11D;. The zero-order valence-electron chi connectivity index (χ0n) is 14.1. The molecule has 7 heteroatoms. The minimum atomic E-state index is -1.28. The Hall–Kier alpha value is -0.390. The van der Waals surface area contributed by atoms with Crippen LogP contribution in [0.1, 0.15) is 42.4 Å². The number of carbonyl (C=O) groups excluding carboxylic acids is 1. The minimum absolute atomic E-state index is 0. The lowest BCUT2D eigenvalue weighted by Gasteiger charge is -2.24. The second-order valence-electron chi connectivity index (χ2n) is 5.76. The smallest absolute Gasteiger partial charge is 0.408 e. The first-order valence-corrected chi connectivity index (χ1v) is 8.28. The molecule has 0 saturated heterocycles. The van der Waals surface area contributed by atoms with E-state index in [2.05, 4.69) is 10.3 Å². The van der Waals surface area contributed by atoms with Gasteiger partial charge in [0, 0.05) is 0 Å². The first-order chi connectivity index (χ1) is 9.62. The molecule has 4 nitrogen and oxygen atoms in total. The summed E-state index contributed by atoms with van der Waals surface area (Å²) in [6, 6.07) is -1.28. The second kappa shape index (κ2) is 8.91. The predicted molar refractivity (Wildman–Crippen MR) is 88.0 cm³/mol. The fourth-order valence-electron chi connectivity index (χ4n) is 1.57. The molecule has 0 aromatic carbocycles. The van der Waals surface area contributed by atoms with Gasteiger partial charge in [-0.05, 0) is 26.7 Å². The van der Waals surface area contributed by atoms with Crippen molar-refractivity contribution in [2.45, 2.75) is 52.7 Å². The number of alkyl halides is 1. The molecular weight excluding hydrogens is 331 g/mol. The molecule has 0 saturated carbocycles. The summed E-state index contributed by atoms with van der Waals surface area (Å²) >= 11 is 7.26. The van der Waals surface area contributed by atoms with Gasteiger partial charge in [-0.3, -0.25) is 0 Å². The third-order valence-corrected chi connectivity index (χ3v) is 4.13. The molecule has 0 bridgehead atoms. The van der Waals surface area contributed by atoms with E-state index < -0.39 is 17.7 Å². The first-order valence-electron chi connectivity index (χ1n) is 7.26. The van der Waals surface area contributed by atoms with Gasteiger partial charge in [0.2, 0.25) is 17.1 Å². The number of hydrogen-bond acceptors (Lipinski definition) is 3. The van der Waals surface area contributed by atoms with Crippen molar-refractivity contribution in [3.8, 4) is 0 Å². The molecule has 1 heterocycles. The van der Waals surface area contributed by atoms with E-state index in [9.17, 15) is 4.79 Å². The predicted octanol–water partition coefficient (Wildman–Crippen LogP) is -0.164. The van der Waals surface area contributed by atoms with Crippen molar-refractivity contribution >= 4 is 39.7 Å². The van der Waals surface area contributed by atoms with Crippen LogP contribution in [-0.2, 0) is 16.1 Å². The highest BCUT2D eigenvalue weighted by atomic mass is 35.5. The zero-order chi connectivity index (χ0) is 16.3. The van der Waals surface area contributed by atoms with Crippen LogP contribution in [0.25, 0.3) is 0 Å². The topological polar surface area (TPSA) is 50.7 Å². The van der Waals surface area contributed by atoms with Gasteiger partial charge in [-0.25, -0.2) is 4.79 Å². The van der Waals surface area contributed by atoms with Gasteiger partial charge in [0.15, 0.2) is 0 Å². The average Bonchev–Trinajstić information content (AvgIpc) is 2.84. The van der Waals surface area contributed by atoms with Gasteiger partial charge in [0.1, 0.15) is 11.6 Å². The molecule has 1 aliphatic rings. The van der Waals surface area contributed by atoms with Gasteiger partial charge in [-0.2, -0.15) is 4.99 Å². The molecule has 0 aliphatic carbocycles. The van der Waals surface area contributed by atoms with Crippen molar-refractivity contribution in [3.63, 3.8) is 0 Å².